The molecule has 2 aliphatic rings. The summed E-state index contributed by atoms with van der Waals surface area (Å²) in [6, 6.07) is 9.37. The van der Waals surface area contributed by atoms with E-state index in [1.54, 1.807) is 4.90 Å². The molecule has 0 N–H and O–H groups in total. The van der Waals surface area contributed by atoms with E-state index in [0.717, 1.165) is 5.56 Å². The van der Waals surface area contributed by atoms with Crippen LogP contribution in [-0.2, 0) is 20.7 Å². The summed E-state index contributed by atoms with van der Waals surface area (Å²) in [4.78, 5) is 40.4. The van der Waals surface area contributed by atoms with Crippen molar-refractivity contribution in [2.75, 3.05) is 19.7 Å². The van der Waals surface area contributed by atoms with Gasteiger partial charge in [0, 0.05) is 18.7 Å². The van der Waals surface area contributed by atoms with Gasteiger partial charge in [0.25, 0.3) is 5.91 Å². The lowest BCUT2D eigenvalue weighted by atomic mass is 9.89. The first-order valence-electron chi connectivity index (χ1n) is 10.4. The minimum atomic E-state index is -0.617. The standard InChI is InChI=1S/C23H30N2O5/c1-16(18-10-12-24(13-11-18)21(27)30-23(2,3)4)20(26)25-19(15-29-22(25)28)14-17-8-6-5-7-9-17/h5-9,18-19H,1,10-15H2,2-4H3. The van der Waals surface area contributed by atoms with Gasteiger partial charge in [-0.15, -0.1) is 0 Å². The van der Waals surface area contributed by atoms with Crippen LogP contribution in [0.2, 0.25) is 0 Å². The highest BCUT2D eigenvalue weighted by Crippen LogP contribution is 2.28. The minimum absolute atomic E-state index is 0.0815. The normalized spacial score (nSPS) is 20.1. The summed E-state index contributed by atoms with van der Waals surface area (Å²) in [5, 5.41) is 0. The maximum Gasteiger partial charge on any atom is 0.417 e. The number of hydrogen-bond donors (Lipinski definition) is 0. The van der Waals surface area contributed by atoms with Crippen molar-refractivity contribution < 1.29 is 23.9 Å². The molecule has 3 rings (SSSR count). The van der Waals surface area contributed by atoms with Crippen LogP contribution in [0, 0.1) is 5.92 Å². The Hall–Kier alpha value is -2.83. The van der Waals surface area contributed by atoms with E-state index in [0.29, 0.717) is 37.9 Å². The predicted molar refractivity (Wildman–Crippen MR) is 112 cm³/mol. The molecule has 0 radical (unpaired) electrons. The van der Waals surface area contributed by atoms with Gasteiger partial charge in [0.05, 0.1) is 6.04 Å². The molecule has 162 valence electrons. The van der Waals surface area contributed by atoms with E-state index in [1.807, 2.05) is 51.1 Å². The Kier molecular flexibility index (Phi) is 6.48. The Morgan fingerprint density at radius 3 is 2.40 bits per heavy atom. The van der Waals surface area contributed by atoms with Gasteiger partial charge in [-0.2, -0.15) is 0 Å². The quantitative estimate of drug-likeness (QED) is 0.701. The van der Waals surface area contributed by atoms with Gasteiger partial charge in [-0.05, 0) is 51.5 Å². The summed E-state index contributed by atoms with van der Waals surface area (Å²) >= 11 is 0. The molecule has 0 aliphatic carbocycles. The van der Waals surface area contributed by atoms with Gasteiger partial charge < -0.3 is 14.4 Å². The van der Waals surface area contributed by atoms with Gasteiger partial charge in [-0.25, -0.2) is 14.5 Å². The number of piperidine rings is 1. The molecule has 2 fully saturated rings. The Morgan fingerprint density at radius 1 is 1.17 bits per heavy atom. The number of likely N-dealkylation sites (tertiary alicyclic amines) is 1. The number of rotatable bonds is 4. The van der Waals surface area contributed by atoms with Crippen molar-refractivity contribution in [3.8, 4) is 0 Å². The predicted octanol–water partition coefficient (Wildman–Crippen LogP) is 3.78. The number of ether oxygens (including phenoxy) is 2. The molecule has 0 bridgehead atoms. The smallest absolute Gasteiger partial charge is 0.417 e. The largest absolute Gasteiger partial charge is 0.447 e. The van der Waals surface area contributed by atoms with Crippen LogP contribution in [0.15, 0.2) is 42.5 Å². The SMILES string of the molecule is C=C(C(=O)N1C(=O)OCC1Cc1ccccc1)C1CCN(C(=O)OC(C)(C)C)CC1. The first-order chi connectivity index (χ1) is 14.2. The van der Waals surface area contributed by atoms with Crippen LogP contribution < -0.4 is 0 Å². The number of hydrogen-bond acceptors (Lipinski definition) is 5. The Labute approximate surface area is 177 Å². The summed E-state index contributed by atoms with van der Waals surface area (Å²) in [5.74, 6) is -0.462. The molecule has 2 saturated heterocycles. The zero-order valence-corrected chi connectivity index (χ0v) is 17.9. The fraction of sp³-hybridized carbons (Fsp3) is 0.522. The van der Waals surface area contributed by atoms with Crippen LogP contribution in [0.25, 0.3) is 0 Å². The molecule has 30 heavy (non-hydrogen) atoms. The third-order valence-corrected chi connectivity index (χ3v) is 5.41. The molecule has 0 saturated carbocycles. The summed E-state index contributed by atoms with van der Waals surface area (Å²) in [6.45, 7) is 10.7. The lowest BCUT2D eigenvalue weighted by Crippen LogP contribution is -2.45. The molecular weight excluding hydrogens is 384 g/mol. The van der Waals surface area contributed by atoms with Gasteiger partial charge in [0.1, 0.15) is 12.2 Å². The van der Waals surface area contributed by atoms with E-state index in [-0.39, 0.29) is 30.6 Å². The van der Waals surface area contributed by atoms with Gasteiger partial charge in [0.2, 0.25) is 0 Å². The molecule has 3 amide bonds. The third kappa shape index (κ3) is 5.20. The summed E-state index contributed by atoms with van der Waals surface area (Å²) in [7, 11) is 0. The zero-order chi connectivity index (χ0) is 21.9. The lowest BCUT2D eigenvalue weighted by Gasteiger charge is -2.34. The number of carbonyl (C=O) groups is 3. The fourth-order valence-corrected chi connectivity index (χ4v) is 3.81. The second kappa shape index (κ2) is 8.90. The first kappa shape index (κ1) is 21.9. The number of cyclic esters (lactones) is 1. The topological polar surface area (TPSA) is 76.2 Å². The third-order valence-electron chi connectivity index (χ3n) is 5.41. The van der Waals surface area contributed by atoms with Crippen molar-refractivity contribution in [3.05, 3.63) is 48.0 Å². The van der Waals surface area contributed by atoms with E-state index < -0.39 is 11.7 Å². The highest BCUT2D eigenvalue weighted by atomic mass is 16.6. The van der Waals surface area contributed by atoms with Gasteiger partial charge >= 0.3 is 12.2 Å². The maximum absolute atomic E-state index is 13.1. The number of imide groups is 1. The molecule has 1 aromatic carbocycles. The van der Waals surface area contributed by atoms with Crippen LogP contribution in [0.4, 0.5) is 9.59 Å². The average molecular weight is 415 g/mol. The summed E-state index contributed by atoms with van der Waals surface area (Å²) in [6.07, 6.45) is 0.798. The molecule has 0 spiro atoms. The van der Waals surface area contributed by atoms with Crippen LogP contribution in [0.3, 0.4) is 0 Å². The van der Waals surface area contributed by atoms with Crippen LogP contribution in [0.1, 0.15) is 39.2 Å². The number of benzene rings is 1. The molecule has 0 aromatic heterocycles. The highest BCUT2D eigenvalue weighted by Gasteiger charge is 2.40. The second-order valence-electron chi connectivity index (χ2n) is 8.86. The van der Waals surface area contributed by atoms with E-state index in [4.69, 9.17) is 9.47 Å². The second-order valence-corrected chi connectivity index (χ2v) is 8.86. The summed E-state index contributed by atoms with van der Waals surface area (Å²) < 4.78 is 10.6. The van der Waals surface area contributed by atoms with E-state index >= 15 is 0 Å². The molecule has 7 nitrogen and oxygen atoms in total. The molecule has 2 aliphatic heterocycles. The first-order valence-corrected chi connectivity index (χ1v) is 10.4. The Morgan fingerprint density at radius 2 is 1.80 bits per heavy atom. The summed E-state index contributed by atoms with van der Waals surface area (Å²) in [5.41, 5.74) is 0.891. The molecule has 1 aromatic rings. The van der Waals surface area contributed by atoms with Crippen LogP contribution >= 0.6 is 0 Å². The lowest BCUT2D eigenvalue weighted by molar-refractivity contribution is -0.125. The zero-order valence-electron chi connectivity index (χ0n) is 17.9. The van der Waals surface area contributed by atoms with Crippen molar-refractivity contribution in [2.24, 2.45) is 5.92 Å². The van der Waals surface area contributed by atoms with Crippen LogP contribution in [0.5, 0.6) is 0 Å². The van der Waals surface area contributed by atoms with Crippen molar-refractivity contribution in [3.63, 3.8) is 0 Å². The van der Waals surface area contributed by atoms with E-state index in [1.165, 1.54) is 4.90 Å². The number of amides is 3. The van der Waals surface area contributed by atoms with E-state index in [2.05, 4.69) is 6.58 Å². The molecule has 1 unspecified atom stereocenters. The molecular formula is C23H30N2O5. The van der Waals surface area contributed by atoms with Gasteiger partial charge in [0.15, 0.2) is 0 Å². The fourth-order valence-electron chi connectivity index (χ4n) is 3.81. The van der Waals surface area contributed by atoms with Crippen molar-refractivity contribution in [1.29, 1.82) is 0 Å². The highest BCUT2D eigenvalue weighted by molar-refractivity contribution is 6.03. The van der Waals surface area contributed by atoms with Crippen molar-refractivity contribution >= 4 is 18.1 Å². The van der Waals surface area contributed by atoms with Gasteiger partial charge in [-0.1, -0.05) is 36.9 Å². The molecule has 2 heterocycles. The molecule has 7 heteroatoms. The Bertz CT molecular complexity index is 807. The average Bonchev–Trinajstić information content (AvgIpc) is 3.06. The monoisotopic (exact) mass is 414 g/mol. The van der Waals surface area contributed by atoms with Crippen LogP contribution in [-0.4, -0.2) is 59.2 Å². The van der Waals surface area contributed by atoms with Gasteiger partial charge in [-0.3, -0.25) is 4.79 Å². The Balaban J connectivity index is 1.59. The minimum Gasteiger partial charge on any atom is -0.447 e. The molecule has 1 atom stereocenters. The van der Waals surface area contributed by atoms with E-state index in [9.17, 15) is 14.4 Å². The number of carbonyl (C=O) groups excluding carboxylic acids is 3. The maximum atomic E-state index is 13.1. The number of nitrogens with zero attached hydrogens (tertiary/aromatic N) is 2. The van der Waals surface area contributed by atoms with Crippen molar-refractivity contribution in [1.82, 2.24) is 9.80 Å². The van der Waals surface area contributed by atoms with Crippen molar-refractivity contribution in [2.45, 2.75) is 51.7 Å².